The van der Waals surface area contributed by atoms with Crippen LogP contribution in [0.1, 0.15) is 5.56 Å². The second-order valence-corrected chi connectivity index (χ2v) is 7.74. The highest BCUT2D eigenvalue weighted by molar-refractivity contribution is 7.93. The molecule has 0 bridgehead atoms. The number of hydrogen-bond acceptors (Lipinski definition) is 4. The van der Waals surface area contributed by atoms with Crippen LogP contribution in [0, 0.1) is 0 Å². The van der Waals surface area contributed by atoms with Crippen LogP contribution in [0.4, 0.5) is 26.3 Å². The summed E-state index contributed by atoms with van der Waals surface area (Å²) in [6, 6.07) is 7.44. The number of sulfone groups is 1. The molecule has 1 saturated heterocycles. The van der Waals surface area contributed by atoms with Crippen molar-refractivity contribution in [2.45, 2.75) is 24.0 Å². The molecule has 0 radical (unpaired) electrons. The van der Waals surface area contributed by atoms with Gasteiger partial charge >= 0.3 is 18.3 Å². The molecule has 0 spiro atoms. The molecular formula is C16H17F6NO3S. The maximum absolute atomic E-state index is 14.3. The Hall–Kier alpha value is -1.75. The summed E-state index contributed by atoms with van der Waals surface area (Å²) in [5, 5.41) is -0.0262. The average molecular weight is 417 g/mol. The first kappa shape index (κ1) is 21.5. The van der Waals surface area contributed by atoms with Crippen LogP contribution in [0.5, 0.6) is 0 Å². The third-order valence-corrected chi connectivity index (χ3v) is 5.19. The van der Waals surface area contributed by atoms with E-state index in [1.807, 2.05) is 0 Å². The lowest BCUT2D eigenvalue weighted by Crippen LogP contribution is -2.53. The fourth-order valence-electron chi connectivity index (χ4n) is 2.48. The first-order chi connectivity index (χ1) is 12.5. The van der Waals surface area contributed by atoms with Gasteiger partial charge in [0, 0.05) is 13.1 Å². The van der Waals surface area contributed by atoms with Gasteiger partial charge in [0.2, 0.25) is 0 Å². The van der Waals surface area contributed by atoms with Crippen LogP contribution in [0.3, 0.4) is 0 Å². The number of benzene rings is 1. The molecule has 0 aromatic heterocycles. The largest absolute Gasteiger partial charge is 0.378 e. The number of nitrogens with zero attached hydrogens (tertiary/aromatic N) is 1. The third-order valence-electron chi connectivity index (χ3n) is 3.87. The monoisotopic (exact) mass is 417 g/mol. The molecule has 0 unspecified atom stereocenters. The van der Waals surface area contributed by atoms with Gasteiger partial charge in [-0.2, -0.15) is 17.6 Å². The molecule has 1 aromatic carbocycles. The predicted molar refractivity (Wildman–Crippen MR) is 85.4 cm³/mol. The molecule has 0 atom stereocenters. The first-order valence-electron chi connectivity index (χ1n) is 7.83. The van der Waals surface area contributed by atoms with E-state index in [4.69, 9.17) is 4.74 Å². The fraction of sp³-hybridized carbons (Fsp3) is 0.500. The van der Waals surface area contributed by atoms with Crippen molar-refractivity contribution in [3.05, 3.63) is 47.0 Å². The zero-order valence-electron chi connectivity index (χ0n) is 13.9. The summed E-state index contributed by atoms with van der Waals surface area (Å²) < 4.78 is 110. The quantitative estimate of drug-likeness (QED) is 0.639. The number of morpholine rings is 1. The molecule has 0 aliphatic carbocycles. The highest BCUT2D eigenvalue weighted by Crippen LogP contribution is 2.45. The standard InChI is InChI=1S/C16H17F6NO3S/c17-14(18)16(21,22)15(19,20)13(23-6-8-26-9-7-23)11-27(24,25)10-12-4-2-1-3-5-12/h1-5,11,14H,6-10H2/b13-11+. The highest BCUT2D eigenvalue weighted by atomic mass is 32.2. The second kappa shape index (κ2) is 8.09. The van der Waals surface area contributed by atoms with Crippen LogP contribution in [-0.4, -0.2) is 57.9 Å². The van der Waals surface area contributed by atoms with E-state index in [0.29, 0.717) is 4.90 Å². The maximum atomic E-state index is 14.3. The van der Waals surface area contributed by atoms with Crippen LogP contribution in [0.15, 0.2) is 41.4 Å². The maximum Gasteiger partial charge on any atom is 0.375 e. The molecule has 11 heteroatoms. The van der Waals surface area contributed by atoms with E-state index in [9.17, 15) is 34.8 Å². The van der Waals surface area contributed by atoms with E-state index in [1.54, 1.807) is 6.07 Å². The van der Waals surface area contributed by atoms with Crippen LogP contribution >= 0.6 is 0 Å². The van der Waals surface area contributed by atoms with E-state index in [0.717, 1.165) is 0 Å². The summed E-state index contributed by atoms with van der Waals surface area (Å²) in [4.78, 5) is 0.641. The van der Waals surface area contributed by atoms with Gasteiger partial charge in [0.05, 0.1) is 24.4 Å². The molecular weight excluding hydrogens is 400 g/mol. The molecule has 0 N–H and O–H groups in total. The van der Waals surface area contributed by atoms with Crippen LogP contribution in [0.25, 0.3) is 0 Å². The summed E-state index contributed by atoms with van der Waals surface area (Å²) in [6.07, 6.45) is -4.67. The molecule has 4 nitrogen and oxygen atoms in total. The van der Waals surface area contributed by atoms with Crippen LogP contribution < -0.4 is 0 Å². The Bertz CT molecular complexity index is 762. The van der Waals surface area contributed by atoms with Gasteiger partial charge in [-0.25, -0.2) is 17.2 Å². The molecule has 152 valence electrons. The Kier molecular flexibility index (Phi) is 6.46. The molecule has 1 aliphatic rings. The lowest BCUT2D eigenvalue weighted by Gasteiger charge is -2.37. The number of ether oxygens (including phenoxy) is 1. The van der Waals surface area contributed by atoms with Crippen molar-refractivity contribution in [2.75, 3.05) is 26.3 Å². The van der Waals surface area contributed by atoms with Crippen molar-refractivity contribution in [3.8, 4) is 0 Å². The molecule has 2 rings (SSSR count). The zero-order valence-corrected chi connectivity index (χ0v) is 14.7. The number of rotatable bonds is 7. The van der Waals surface area contributed by atoms with Crippen molar-refractivity contribution in [3.63, 3.8) is 0 Å². The highest BCUT2D eigenvalue weighted by Gasteiger charge is 2.66. The minimum atomic E-state index is -5.74. The molecule has 0 amide bonds. The van der Waals surface area contributed by atoms with Crippen molar-refractivity contribution in [1.29, 1.82) is 0 Å². The Morgan fingerprint density at radius 3 is 2.19 bits per heavy atom. The minimum absolute atomic E-state index is 0.0262. The van der Waals surface area contributed by atoms with Gasteiger partial charge in [-0.1, -0.05) is 30.3 Å². The molecule has 0 saturated carbocycles. The van der Waals surface area contributed by atoms with Gasteiger partial charge < -0.3 is 9.64 Å². The van der Waals surface area contributed by atoms with Crippen molar-refractivity contribution in [1.82, 2.24) is 4.90 Å². The summed E-state index contributed by atoms with van der Waals surface area (Å²) in [6.45, 7) is -0.929. The Morgan fingerprint density at radius 1 is 1.11 bits per heavy atom. The summed E-state index contributed by atoms with van der Waals surface area (Å²) in [5.41, 5.74) is -1.42. The molecule has 27 heavy (non-hydrogen) atoms. The number of halogens is 6. The Morgan fingerprint density at radius 2 is 1.67 bits per heavy atom. The smallest absolute Gasteiger partial charge is 0.375 e. The molecule has 1 heterocycles. The SMILES string of the molecule is O=S(=O)(/C=C(/N1CCOCC1)C(F)(F)C(F)(F)C(F)F)Cc1ccccc1. The van der Waals surface area contributed by atoms with Gasteiger partial charge in [-0.15, -0.1) is 0 Å². The van der Waals surface area contributed by atoms with Gasteiger partial charge in [0.25, 0.3) is 0 Å². The van der Waals surface area contributed by atoms with Crippen LogP contribution in [0.2, 0.25) is 0 Å². The van der Waals surface area contributed by atoms with Crippen molar-refractivity contribution >= 4 is 9.84 Å². The molecule has 1 aliphatic heterocycles. The van der Waals surface area contributed by atoms with Crippen LogP contribution in [-0.2, 0) is 20.3 Å². The van der Waals surface area contributed by atoms with E-state index in [-0.39, 0.29) is 37.3 Å². The van der Waals surface area contributed by atoms with E-state index >= 15 is 0 Å². The first-order valence-corrected chi connectivity index (χ1v) is 9.54. The zero-order chi connectivity index (χ0) is 20.3. The predicted octanol–water partition coefficient (Wildman–Crippen LogP) is 3.31. The Labute approximate surface area is 152 Å². The summed E-state index contributed by atoms with van der Waals surface area (Å²) in [7, 11) is -4.46. The van der Waals surface area contributed by atoms with Gasteiger partial charge in [-0.3, -0.25) is 0 Å². The number of alkyl halides is 6. The second-order valence-electron chi connectivity index (χ2n) is 5.89. The van der Waals surface area contributed by atoms with Gasteiger partial charge in [-0.05, 0) is 5.56 Å². The minimum Gasteiger partial charge on any atom is -0.378 e. The lowest BCUT2D eigenvalue weighted by molar-refractivity contribution is -0.253. The third kappa shape index (κ3) is 4.95. The average Bonchev–Trinajstić information content (AvgIpc) is 2.60. The van der Waals surface area contributed by atoms with Crippen molar-refractivity contribution < 1.29 is 39.5 Å². The summed E-state index contributed by atoms with van der Waals surface area (Å²) >= 11 is 0. The fourth-order valence-corrected chi connectivity index (χ4v) is 3.86. The molecule has 1 fully saturated rings. The van der Waals surface area contributed by atoms with Crippen molar-refractivity contribution in [2.24, 2.45) is 0 Å². The number of hydrogen-bond donors (Lipinski definition) is 0. The van der Waals surface area contributed by atoms with E-state index in [2.05, 4.69) is 0 Å². The normalized spacial score (nSPS) is 17.4. The lowest BCUT2D eigenvalue weighted by atomic mass is 10.1. The van der Waals surface area contributed by atoms with E-state index < -0.39 is 39.6 Å². The number of allylic oxidation sites excluding steroid dienone is 1. The van der Waals surface area contributed by atoms with Gasteiger partial charge in [0.1, 0.15) is 5.70 Å². The Balaban J connectivity index is 2.47. The van der Waals surface area contributed by atoms with Gasteiger partial charge in [0.15, 0.2) is 9.84 Å². The van der Waals surface area contributed by atoms with E-state index in [1.165, 1.54) is 24.3 Å². The molecule has 1 aromatic rings. The topological polar surface area (TPSA) is 46.6 Å². The summed E-state index contributed by atoms with van der Waals surface area (Å²) in [5.74, 6) is -11.9.